The van der Waals surface area contributed by atoms with Gasteiger partial charge in [0.25, 0.3) is 5.89 Å². The fourth-order valence-electron chi connectivity index (χ4n) is 1.38. The molecule has 0 aliphatic rings. The van der Waals surface area contributed by atoms with E-state index in [1.165, 1.54) is 6.07 Å². The summed E-state index contributed by atoms with van der Waals surface area (Å²) in [6.45, 7) is -0.00104. The summed E-state index contributed by atoms with van der Waals surface area (Å²) in [4.78, 5) is 0. The van der Waals surface area contributed by atoms with E-state index in [1.54, 1.807) is 0 Å². The Bertz CT molecular complexity index is 548. The predicted molar refractivity (Wildman–Crippen MR) is 64.0 cm³/mol. The van der Waals surface area contributed by atoms with Crippen LogP contribution in [0.3, 0.4) is 0 Å². The average Bonchev–Trinajstić information content (AvgIpc) is 2.86. The molecule has 0 N–H and O–H groups in total. The standard InChI is InChI=1S/C12H11ClF2N2O2/c13-5-1-2-11-16-17-12(19-11)7-18-8-3-4-9(14)10(15)6-8/h3-4,6H,1-2,5,7H2. The van der Waals surface area contributed by atoms with Crippen LogP contribution in [0.25, 0.3) is 0 Å². The fourth-order valence-corrected chi connectivity index (χ4v) is 1.51. The third-order valence-electron chi connectivity index (χ3n) is 2.29. The highest BCUT2D eigenvalue weighted by Crippen LogP contribution is 2.16. The third kappa shape index (κ3) is 3.89. The van der Waals surface area contributed by atoms with Crippen LogP contribution < -0.4 is 4.74 Å². The summed E-state index contributed by atoms with van der Waals surface area (Å²) in [7, 11) is 0. The Kier molecular flexibility index (Phi) is 4.68. The molecule has 1 aromatic heterocycles. The molecule has 4 nitrogen and oxygen atoms in total. The number of nitrogens with zero attached hydrogens (tertiary/aromatic N) is 2. The van der Waals surface area contributed by atoms with Crippen molar-refractivity contribution in [2.75, 3.05) is 5.88 Å². The lowest BCUT2D eigenvalue weighted by Gasteiger charge is -2.03. The first-order valence-corrected chi connectivity index (χ1v) is 6.17. The van der Waals surface area contributed by atoms with Gasteiger partial charge in [0.15, 0.2) is 18.2 Å². The molecule has 0 atom stereocenters. The Balaban J connectivity index is 1.91. The Morgan fingerprint density at radius 2 is 1.95 bits per heavy atom. The van der Waals surface area contributed by atoms with Gasteiger partial charge in [0.05, 0.1) is 0 Å². The van der Waals surface area contributed by atoms with Crippen LogP contribution >= 0.6 is 11.6 Å². The highest BCUT2D eigenvalue weighted by molar-refractivity contribution is 6.17. The smallest absolute Gasteiger partial charge is 0.253 e. The molecule has 1 heterocycles. The van der Waals surface area contributed by atoms with Crippen molar-refractivity contribution >= 4 is 11.6 Å². The third-order valence-corrected chi connectivity index (χ3v) is 2.55. The van der Waals surface area contributed by atoms with E-state index in [1.807, 2.05) is 0 Å². The van der Waals surface area contributed by atoms with Gasteiger partial charge < -0.3 is 9.15 Å². The van der Waals surface area contributed by atoms with E-state index >= 15 is 0 Å². The number of rotatable bonds is 6. The van der Waals surface area contributed by atoms with Gasteiger partial charge in [-0.1, -0.05) is 0 Å². The number of alkyl halides is 1. The summed E-state index contributed by atoms with van der Waals surface area (Å²) in [6.07, 6.45) is 1.34. The number of hydrogen-bond acceptors (Lipinski definition) is 4. The van der Waals surface area contributed by atoms with Crippen molar-refractivity contribution in [1.29, 1.82) is 0 Å². The molecule has 0 saturated heterocycles. The van der Waals surface area contributed by atoms with E-state index in [2.05, 4.69) is 10.2 Å². The Hall–Kier alpha value is -1.69. The molecule has 19 heavy (non-hydrogen) atoms. The number of benzene rings is 1. The van der Waals surface area contributed by atoms with E-state index in [-0.39, 0.29) is 18.2 Å². The molecule has 2 rings (SSSR count). The van der Waals surface area contributed by atoms with Gasteiger partial charge in [0.1, 0.15) is 5.75 Å². The average molecular weight is 289 g/mol. The van der Waals surface area contributed by atoms with Crippen LogP contribution in [-0.4, -0.2) is 16.1 Å². The van der Waals surface area contributed by atoms with Gasteiger partial charge in [-0.3, -0.25) is 0 Å². The van der Waals surface area contributed by atoms with Gasteiger partial charge in [-0.2, -0.15) is 0 Å². The maximum atomic E-state index is 12.9. The minimum Gasteiger partial charge on any atom is -0.484 e. The topological polar surface area (TPSA) is 48.2 Å². The molecule has 0 unspecified atom stereocenters. The van der Waals surface area contributed by atoms with Gasteiger partial charge >= 0.3 is 0 Å². The highest BCUT2D eigenvalue weighted by Gasteiger charge is 2.08. The summed E-state index contributed by atoms with van der Waals surface area (Å²) in [5, 5.41) is 7.58. The zero-order chi connectivity index (χ0) is 13.7. The van der Waals surface area contributed by atoms with Crippen LogP contribution in [0.1, 0.15) is 18.2 Å². The zero-order valence-electron chi connectivity index (χ0n) is 9.91. The molecule has 0 saturated carbocycles. The molecule has 1 aromatic carbocycles. The van der Waals surface area contributed by atoms with Crippen molar-refractivity contribution in [1.82, 2.24) is 10.2 Å². The van der Waals surface area contributed by atoms with Gasteiger partial charge in [0, 0.05) is 18.4 Å². The van der Waals surface area contributed by atoms with Crippen LogP contribution in [0.15, 0.2) is 22.6 Å². The maximum Gasteiger partial charge on any atom is 0.253 e. The van der Waals surface area contributed by atoms with Crippen LogP contribution in [0.5, 0.6) is 5.75 Å². The molecule has 0 aliphatic heterocycles. The number of aryl methyl sites for hydroxylation is 1. The number of halogens is 3. The summed E-state index contributed by atoms with van der Waals surface area (Å²) in [5.74, 6) is -0.430. The second-order valence-corrected chi connectivity index (χ2v) is 4.12. The second-order valence-electron chi connectivity index (χ2n) is 3.75. The SMILES string of the molecule is Fc1ccc(OCc2nnc(CCCCl)o2)cc1F. The lowest BCUT2D eigenvalue weighted by molar-refractivity contribution is 0.257. The minimum absolute atomic E-state index is 0.00104. The molecular weight excluding hydrogens is 278 g/mol. The van der Waals surface area contributed by atoms with Crippen molar-refractivity contribution in [3.63, 3.8) is 0 Å². The van der Waals surface area contributed by atoms with Crippen LogP contribution in [0.2, 0.25) is 0 Å². The van der Waals surface area contributed by atoms with E-state index in [4.69, 9.17) is 20.8 Å². The quantitative estimate of drug-likeness (QED) is 0.766. The van der Waals surface area contributed by atoms with Crippen molar-refractivity contribution in [3.05, 3.63) is 41.6 Å². The second kappa shape index (κ2) is 6.47. The lowest BCUT2D eigenvalue weighted by atomic mass is 10.3. The number of aromatic nitrogens is 2. The first-order valence-electron chi connectivity index (χ1n) is 5.64. The summed E-state index contributed by atoms with van der Waals surface area (Å²) in [5.41, 5.74) is 0. The first-order chi connectivity index (χ1) is 9.19. The van der Waals surface area contributed by atoms with E-state index in [0.29, 0.717) is 18.2 Å². The molecule has 0 amide bonds. The largest absolute Gasteiger partial charge is 0.484 e. The molecule has 0 bridgehead atoms. The molecular formula is C12H11ClF2N2O2. The molecule has 7 heteroatoms. The summed E-state index contributed by atoms with van der Waals surface area (Å²) < 4.78 is 36.1. The van der Waals surface area contributed by atoms with E-state index < -0.39 is 11.6 Å². The molecule has 0 aliphatic carbocycles. The van der Waals surface area contributed by atoms with Crippen LogP contribution in [-0.2, 0) is 13.0 Å². The monoisotopic (exact) mass is 288 g/mol. The Morgan fingerprint density at radius 1 is 1.16 bits per heavy atom. The molecule has 102 valence electrons. The van der Waals surface area contributed by atoms with Crippen molar-refractivity contribution in [2.45, 2.75) is 19.4 Å². The Morgan fingerprint density at radius 3 is 2.68 bits per heavy atom. The van der Waals surface area contributed by atoms with Gasteiger partial charge in [0.2, 0.25) is 5.89 Å². The minimum atomic E-state index is -0.967. The predicted octanol–water partition coefficient (Wildman–Crippen LogP) is 3.10. The van der Waals surface area contributed by atoms with Crippen molar-refractivity contribution in [3.8, 4) is 5.75 Å². The van der Waals surface area contributed by atoms with E-state index in [0.717, 1.165) is 18.6 Å². The van der Waals surface area contributed by atoms with Gasteiger partial charge in [-0.25, -0.2) is 8.78 Å². The molecule has 0 fully saturated rings. The fraction of sp³-hybridized carbons (Fsp3) is 0.333. The first kappa shape index (κ1) is 13.7. The summed E-state index contributed by atoms with van der Waals surface area (Å²) >= 11 is 5.55. The normalized spacial score (nSPS) is 10.7. The van der Waals surface area contributed by atoms with Gasteiger partial charge in [-0.05, 0) is 18.6 Å². The lowest BCUT2D eigenvalue weighted by Crippen LogP contribution is -1.96. The van der Waals surface area contributed by atoms with Gasteiger partial charge in [-0.15, -0.1) is 21.8 Å². The van der Waals surface area contributed by atoms with Crippen molar-refractivity contribution < 1.29 is 17.9 Å². The molecule has 0 radical (unpaired) electrons. The van der Waals surface area contributed by atoms with E-state index in [9.17, 15) is 8.78 Å². The maximum absolute atomic E-state index is 12.9. The number of hydrogen-bond donors (Lipinski definition) is 0. The van der Waals surface area contributed by atoms with Crippen LogP contribution in [0, 0.1) is 11.6 Å². The number of ether oxygens (including phenoxy) is 1. The van der Waals surface area contributed by atoms with Crippen molar-refractivity contribution in [2.24, 2.45) is 0 Å². The highest BCUT2D eigenvalue weighted by atomic mass is 35.5. The summed E-state index contributed by atoms with van der Waals surface area (Å²) in [6, 6.07) is 3.27. The molecule has 2 aromatic rings. The van der Waals surface area contributed by atoms with Crippen LogP contribution in [0.4, 0.5) is 8.78 Å². The Labute approximate surface area is 113 Å². The zero-order valence-corrected chi connectivity index (χ0v) is 10.7. The molecule has 0 spiro atoms.